The lowest BCUT2D eigenvalue weighted by molar-refractivity contribution is -0.167. The second-order valence-electron chi connectivity index (χ2n) is 16.7. The molecule has 0 aromatic heterocycles. The van der Waals surface area contributed by atoms with Crippen LogP contribution in [0.25, 0.3) is 0 Å². The predicted octanol–water partition coefficient (Wildman–Crippen LogP) is 17.1. The van der Waals surface area contributed by atoms with E-state index in [4.69, 9.17) is 14.2 Å². The summed E-state index contributed by atoms with van der Waals surface area (Å²) in [6, 6.07) is 0. The van der Waals surface area contributed by atoms with E-state index in [0.717, 1.165) is 116 Å². The van der Waals surface area contributed by atoms with Crippen molar-refractivity contribution in [3.63, 3.8) is 0 Å². The topological polar surface area (TPSA) is 78.9 Å². The van der Waals surface area contributed by atoms with E-state index in [1.807, 2.05) is 0 Å². The summed E-state index contributed by atoms with van der Waals surface area (Å²) in [6.45, 7) is 6.33. The molecule has 0 rings (SSSR count). The summed E-state index contributed by atoms with van der Waals surface area (Å²) in [7, 11) is 0. The lowest BCUT2D eigenvalue weighted by Crippen LogP contribution is -2.30. The van der Waals surface area contributed by atoms with E-state index in [9.17, 15) is 14.4 Å². The second-order valence-corrected chi connectivity index (χ2v) is 16.7. The highest BCUT2D eigenvalue weighted by molar-refractivity contribution is 5.71. The molecule has 0 radical (unpaired) electrons. The maximum absolute atomic E-state index is 12.8. The van der Waals surface area contributed by atoms with Crippen molar-refractivity contribution in [3.8, 4) is 0 Å². The van der Waals surface area contributed by atoms with Gasteiger partial charge in [0, 0.05) is 19.3 Å². The number of ether oxygens (including phenoxy) is 3. The minimum atomic E-state index is -0.813. The molecule has 0 bridgehead atoms. The number of rotatable bonds is 45. The number of esters is 3. The first-order chi connectivity index (χ1) is 31.5. The van der Waals surface area contributed by atoms with E-state index in [-0.39, 0.29) is 37.5 Å². The van der Waals surface area contributed by atoms with Crippen molar-refractivity contribution in [2.45, 2.75) is 226 Å². The Kier molecular flexibility index (Phi) is 48.5. The average Bonchev–Trinajstić information content (AvgIpc) is 3.29. The van der Waals surface area contributed by atoms with Crippen LogP contribution in [-0.4, -0.2) is 37.2 Å². The quantitative estimate of drug-likeness (QED) is 0.0262. The molecule has 0 aliphatic carbocycles. The fourth-order valence-electron chi connectivity index (χ4n) is 6.70. The lowest BCUT2D eigenvalue weighted by atomic mass is 10.1. The van der Waals surface area contributed by atoms with Crippen LogP contribution < -0.4 is 0 Å². The highest BCUT2D eigenvalue weighted by Crippen LogP contribution is 2.13. The molecule has 0 amide bonds. The number of carbonyl (C=O) groups is 3. The summed E-state index contributed by atoms with van der Waals surface area (Å²) in [6.07, 6.45) is 69.3. The van der Waals surface area contributed by atoms with Crippen molar-refractivity contribution >= 4 is 17.9 Å². The van der Waals surface area contributed by atoms with E-state index in [1.54, 1.807) is 0 Å². The van der Waals surface area contributed by atoms with Crippen LogP contribution in [0.4, 0.5) is 0 Å². The van der Waals surface area contributed by atoms with Gasteiger partial charge in [0.25, 0.3) is 0 Å². The lowest BCUT2D eigenvalue weighted by Gasteiger charge is -2.18. The highest BCUT2D eigenvalue weighted by atomic mass is 16.6. The predicted molar refractivity (Wildman–Crippen MR) is 274 cm³/mol. The Labute approximate surface area is 393 Å². The van der Waals surface area contributed by atoms with Crippen LogP contribution in [0, 0.1) is 0 Å². The molecule has 362 valence electrons. The van der Waals surface area contributed by atoms with E-state index in [1.165, 1.54) is 57.8 Å². The maximum Gasteiger partial charge on any atom is 0.306 e. The standard InChI is InChI=1S/C58H94O6/c1-4-7-10-13-16-19-22-24-26-28-29-31-32-34-36-39-42-45-48-51-57(60)63-54-55(53-62-56(59)50-47-44-41-38-21-18-15-12-9-6-3)64-58(61)52-49-46-43-40-37-35-33-30-27-25-23-20-17-14-11-8-5-2/h7-8,10-11,16-17,19-20,24-27,29,31,33,35,40,43,55H,4-6,9,12-15,18,21-23,28,30,32,34,36-39,41-42,44-54H2,1-3H3/b10-7-,11-8-,19-16-,20-17-,26-24-,27-25-,31-29-,35-33-,43-40-. The van der Waals surface area contributed by atoms with Crippen LogP contribution in [0.5, 0.6) is 0 Å². The largest absolute Gasteiger partial charge is 0.462 e. The van der Waals surface area contributed by atoms with E-state index >= 15 is 0 Å². The zero-order valence-electron chi connectivity index (χ0n) is 41.3. The maximum atomic E-state index is 12.8. The van der Waals surface area contributed by atoms with Crippen molar-refractivity contribution in [1.29, 1.82) is 0 Å². The minimum Gasteiger partial charge on any atom is -0.462 e. The van der Waals surface area contributed by atoms with Gasteiger partial charge in [0.1, 0.15) is 13.2 Å². The Morgan fingerprint density at radius 1 is 0.328 bits per heavy atom. The third kappa shape index (κ3) is 49.1. The van der Waals surface area contributed by atoms with Gasteiger partial charge in [0.15, 0.2) is 6.10 Å². The molecule has 0 aromatic carbocycles. The molecule has 0 aliphatic heterocycles. The molecule has 0 N–H and O–H groups in total. The van der Waals surface area contributed by atoms with Crippen molar-refractivity contribution < 1.29 is 28.6 Å². The Bertz CT molecular complexity index is 1340. The molecule has 0 heterocycles. The number of unbranched alkanes of at least 4 members (excludes halogenated alkanes) is 16. The second kappa shape index (κ2) is 51.7. The Morgan fingerprint density at radius 3 is 1.00 bits per heavy atom. The number of hydrogen-bond acceptors (Lipinski definition) is 6. The Balaban J connectivity index is 4.47. The Morgan fingerprint density at radius 2 is 0.625 bits per heavy atom. The molecule has 0 aromatic rings. The number of hydrogen-bond donors (Lipinski definition) is 0. The van der Waals surface area contributed by atoms with Gasteiger partial charge in [-0.05, 0) is 96.3 Å². The van der Waals surface area contributed by atoms with E-state index in [2.05, 4.69) is 130 Å². The minimum absolute atomic E-state index is 0.106. The van der Waals surface area contributed by atoms with Gasteiger partial charge in [-0.15, -0.1) is 0 Å². The Hall–Kier alpha value is -3.93. The van der Waals surface area contributed by atoms with Gasteiger partial charge in [0.2, 0.25) is 0 Å². The molecule has 0 spiro atoms. The molecule has 64 heavy (non-hydrogen) atoms. The van der Waals surface area contributed by atoms with Crippen LogP contribution in [0.1, 0.15) is 220 Å². The summed E-state index contributed by atoms with van der Waals surface area (Å²) in [5.74, 6) is -0.986. The van der Waals surface area contributed by atoms with Gasteiger partial charge in [-0.3, -0.25) is 14.4 Å². The molecule has 6 heteroatoms. The van der Waals surface area contributed by atoms with Crippen LogP contribution >= 0.6 is 0 Å². The van der Waals surface area contributed by atoms with Gasteiger partial charge in [0.05, 0.1) is 0 Å². The first-order valence-electron chi connectivity index (χ1n) is 25.9. The smallest absolute Gasteiger partial charge is 0.306 e. The fraction of sp³-hybridized carbons (Fsp3) is 0.638. The van der Waals surface area contributed by atoms with Crippen LogP contribution in [0.2, 0.25) is 0 Å². The van der Waals surface area contributed by atoms with Crippen molar-refractivity contribution in [1.82, 2.24) is 0 Å². The molecule has 0 fully saturated rings. The molecule has 6 nitrogen and oxygen atoms in total. The van der Waals surface area contributed by atoms with Crippen molar-refractivity contribution in [2.75, 3.05) is 13.2 Å². The monoisotopic (exact) mass is 887 g/mol. The fourth-order valence-corrected chi connectivity index (χ4v) is 6.70. The van der Waals surface area contributed by atoms with Crippen molar-refractivity contribution in [2.24, 2.45) is 0 Å². The molecule has 1 atom stereocenters. The number of carbonyl (C=O) groups excluding carboxylic acids is 3. The van der Waals surface area contributed by atoms with Gasteiger partial charge in [-0.25, -0.2) is 0 Å². The van der Waals surface area contributed by atoms with E-state index < -0.39 is 6.10 Å². The summed E-state index contributed by atoms with van der Waals surface area (Å²) >= 11 is 0. The number of allylic oxidation sites excluding steroid dienone is 18. The third-order valence-electron chi connectivity index (χ3n) is 10.5. The van der Waals surface area contributed by atoms with Crippen LogP contribution in [0.3, 0.4) is 0 Å². The molecular formula is C58H94O6. The van der Waals surface area contributed by atoms with Gasteiger partial charge >= 0.3 is 17.9 Å². The summed E-state index contributed by atoms with van der Waals surface area (Å²) in [5, 5.41) is 0. The molecule has 0 saturated carbocycles. The summed E-state index contributed by atoms with van der Waals surface area (Å²) in [4.78, 5) is 37.9. The van der Waals surface area contributed by atoms with Crippen LogP contribution in [-0.2, 0) is 28.6 Å². The van der Waals surface area contributed by atoms with E-state index in [0.29, 0.717) is 19.3 Å². The molecule has 1 unspecified atom stereocenters. The molecular weight excluding hydrogens is 793 g/mol. The first-order valence-corrected chi connectivity index (χ1v) is 25.9. The normalized spacial score (nSPS) is 13.0. The van der Waals surface area contributed by atoms with Gasteiger partial charge in [-0.2, -0.15) is 0 Å². The molecule has 0 aliphatic rings. The zero-order chi connectivity index (χ0) is 46.5. The van der Waals surface area contributed by atoms with Crippen LogP contribution in [0.15, 0.2) is 109 Å². The zero-order valence-corrected chi connectivity index (χ0v) is 41.3. The third-order valence-corrected chi connectivity index (χ3v) is 10.5. The summed E-state index contributed by atoms with van der Waals surface area (Å²) < 4.78 is 16.7. The van der Waals surface area contributed by atoms with Crippen molar-refractivity contribution in [3.05, 3.63) is 109 Å². The van der Waals surface area contributed by atoms with Gasteiger partial charge < -0.3 is 14.2 Å². The van der Waals surface area contributed by atoms with Gasteiger partial charge in [-0.1, -0.05) is 214 Å². The average molecular weight is 887 g/mol. The summed E-state index contributed by atoms with van der Waals surface area (Å²) in [5.41, 5.74) is 0. The SMILES string of the molecule is CC/C=C\C/C=C\C/C=C\C/C=C\C/C=C\CCCC(=O)OC(COC(=O)CCCCCCCC/C=C\C/C=C\C/C=C\C/C=C\CC)COC(=O)CCCCCCCCCCCC. The first kappa shape index (κ1) is 60.1. The molecule has 0 saturated heterocycles. The highest BCUT2D eigenvalue weighted by Gasteiger charge is 2.19.